The lowest BCUT2D eigenvalue weighted by atomic mass is 10.1. The molecule has 0 unspecified atom stereocenters. The van der Waals surface area contributed by atoms with E-state index >= 15 is 0 Å². The van der Waals surface area contributed by atoms with Crippen molar-refractivity contribution >= 4 is 17.5 Å². The number of fused-ring (bicyclic) bond motifs is 1. The van der Waals surface area contributed by atoms with Gasteiger partial charge in [-0.3, -0.25) is 0 Å². The molecule has 0 radical (unpaired) electrons. The van der Waals surface area contributed by atoms with Crippen LogP contribution in [-0.2, 0) is 13.0 Å². The first-order valence-corrected chi connectivity index (χ1v) is 8.75. The Bertz CT molecular complexity index is 680. The van der Waals surface area contributed by atoms with E-state index in [1.807, 2.05) is 24.5 Å². The smallest absolute Gasteiger partial charge is 0.225 e. The molecule has 1 aromatic heterocycles. The van der Waals surface area contributed by atoms with Crippen molar-refractivity contribution in [1.29, 1.82) is 0 Å². The number of anilines is 1. The summed E-state index contributed by atoms with van der Waals surface area (Å²) >= 11 is 6.28. The van der Waals surface area contributed by atoms with Crippen LogP contribution >= 0.6 is 11.6 Å². The van der Waals surface area contributed by atoms with Crippen molar-refractivity contribution in [3.05, 3.63) is 52.3 Å². The average molecular weight is 329 g/mol. The first kappa shape index (κ1) is 14.9. The van der Waals surface area contributed by atoms with Crippen molar-refractivity contribution in [3.63, 3.8) is 0 Å². The zero-order valence-electron chi connectivity index (χ0n) is 13.1. The number of benzene rings is 1. The summed E-state index contributed by atoms with van der Waals surface area (Å²) in [5.41, 5.74) is 3.77. The van der Waals surface area contributed by atoms with E-state index < -0.39 is 0 Å². The maximum Gasteiger partial charge on any atom is 0.225 e. The van der Waals surface area contributed by atoms with Crippen LogP contribution in [0, 0.1) is 0 Å². The van der Waals surface area contributed by atoms with Crippen molar-refractivity contribution in [2.24, 2.45) is 0 Å². The molecule has 1 N–H and O–H groups in total. The van der Waals surface area contributed by atoms with Gasteiger partial charge in [0.1, 0.15) is 0 Å². The lowest BCUT2D eigenvalue weighted by molar-refractivity contribution is 0.529. The lowest BCUT2D eigenvalue weighted by Gasteiger charge is -2.16. The summed E-state index contributed by atoms with van der Waals surface area (Å²) in [7, 11) is 0. The van der Waals surface area contributed by atoms with Crippen LogP contribution in [0.25, 0.3) is 0 Å². The molecule has 0 bridgehead atoms. The fourth-order valence-electron chi connectivity index (χ4n) is 3.58. The number of rotatable bonds is 4. The van der Waals surface area contributed by atoms with Gasteiger partial charge in [0.05, 0.1) is 0 Å². The molecule has 0 amide bonds. The molecule has 1 aliphatic carbocycles. The molecule has 23 heavy (non-hydrogen) atoms. The second-order valence-electron chi connectivity index (χ2n) is 6.37. The number of hydrogen-bond donors (Lipinski definition) is 1. The van der Waals surface area contributed by atoms with Gasteiger partial charge in [-0.25, -0.2) is 9.97 Å². The van der Waals surface area contributed by atoms with Gasteiger partial charge in [0.2, 0.25) is 5.95 Å². The Morgan fingerprint density at radius 3 is 2.74 bits per heavy atom. The maximum atomic E-state index is 6.28. The fraction of sp³-hybridized carbons (Fsp3) is 0.444. The number of nitrogens with zero attached hydrogens (tertiary/aromatic N) is 3. The summed E-state index contributed by atoms with van der Waals surface area (Å²) in [5.74, 6) is 0.865. The van der Waals surface area contributed by atoms with Gasteiger partial charge in [-0.2, -0.15) is 0 Å². The quantitative estimate of drug-likeness (QED) is 0.932. The highest BCUT2D eigenvalue weighted by molar-refractivity contribution is 6.31. The molecule has 1 saturated heterocycles. The van der Waals surface area contributed by atoms with Crippen molar-refractivity contribution in [1.82, 2.24) is 15.3 Å². The standard InChI is InChI=1S/C18H21ClN4/c19-16-5-3-4-15-14(16)6-7-17(15)20-10-13-11-21-18(22-12-13)23-8-1-2-9-23/h3-5,11-12,17,20H,1-2,6-10H2/t17-/m0/s1. The van der Waals surface area contributed by atoms with E-state index in [2.05, 4.69) is 26.3 Å². The monoisotopic (exact) mass is 328 g/mol. The molecule has 0 spiro atoms. The van der Waals surface area contributed by atoms with Crippen LogP contribution in [-0.4, -0.2) is 23.1 Å². The molecule has 1 aliphatic heterocycles. The Labute approximate surface area is 141 Å². The van der Waals surface area contributed by atoms with E-state index in [-0.39, 0.29) is 0 Å². The zero-order valence-corrected chi connectivity index (χ0v) is 13.9. The summed E-state index contributed by atoms with van der Waals surface area (Å²) in [5, 5.41) is 4.51. The second kappa shape index (κ2) is 6.46. The first-order valence-electron chi connectivity index (χ1n) is 8.38. The SMILES string of the molecule is Clc1cccc2c1CC[C@@H]2NCc1cnc(N2CCCC2)nc1. The minimum Gasteiger partial charge on any atom is -0.341 e. The van der Waals surface area contributed by atoms with E-state index in [1.165, 1.54) is 24.0 Å². The summed E-state index contributed by atoms with van der Waals surface area (Å²) in [6.07, 6.45) is 8.54. The third kappa shape index (κ3) is 3.06. The fourth-order valence-corrected chi connectivity index (χ4v) is 3.86. The van der Waals surface area contributed by atoms with Crippen LogP contribution in [0.15, 0.2) is 30.6 Å². The molecule has 4 rings (SSSR count). The summed E-state index contributed by atoms with van der Waals surface area (Å²) in [6.45, 7) is 2.95. The van der Waals surface area contributed by atoms with Crippen molar-refractivity contribution in [3.8, 4) is 0 Å². The second-order valence-corrected chi connectivity index (χ2v) is 6.77. The maximum absolute atomic E-state index is 6.28. The van der Waals surface area contributed by atoms with E-state index in [1.54, 1.807) is 0 Å². The van der Waals surface area contributed by atoms with Crippen molar-refractivity contribution < 1.29 is 0 Å². The highest BCUT2D eigenvalue weighted by atomic mass is 35.5. The van der Waals surface area contributed by atoms with Gasteiger partial charge in [0.15, 0.2) is 0 Å². The van der Waals surface area contributed by atoms with Gasteiger partial charge >= 0.3 is 0 Å². The Balaban J connectivity index is 1.39. The molecule has 1 fully saturated rings. The molecule has 5 heteroatoms. The summed E-state index contributed by atoms with van der Waals surface area (Å²) < 4.78 is 0. The molecule has 1 aromatic carbocycles. The van der Waals surface area contributed by atoms with Gasteiger partial charge in [-0.1, -0.05) is 23.7 Å². The van der Waals surface area contributed by atoms with E-state index in [0.717, 1.165) is 49.0 Å². The van der Waals surface area contributed by atoms with Crippen LogP contribution in [0.1, 0.15) is 42.0 Å². The Kier molecular flexibility index (Phi) is 4.19. The molecular weight excluding hydrogens is 308 g/mol. The zero-order chi connectivity index (χ0) is 15.6. The summed E-state index contributed by atoms with van der Waals surface area (Å²) in [6, 6.07) is 6.57. The van der Waals surface area contributed by atoms with Crippen LogP contribution in [0.3, 0.4) is 0 Å². The van der Waals surface area contributed by atoms with Crippen molar-refractivity contribution in [2.75, 3.05) is 18.0 Å². The minimum absolute atomic E-state index is 0.377. The van der Waals surface area contributed by atoms with Crippen LogP contribution in [0.5, 0.6) is 0 Å². The van der Waals surface area contributed by atoms with E-state index in [4.69, 9.17) is 11.6 Å². The molecule has 120 valence electrons. The summed E-state index contributed by atoms with van der Waals surface area (Å²) in [4.78, 5) is 11.3. The highest BCUT2D eigenvalue weighted by Crippen LogP contribution is 2.35. The van der Waals surface area contributed by atoms with E-state index in [0.29, 0.717) is 6.04 Å². The topological polar surface area (TPSA) is 41.1 Å². The third-order valence-electron chi connectivity index (χ3n) is 4.85. The number of halogens is 1. The number of aromatic nitrogens is 2. The normalized spacial score (nSPS) is 20.0. The first-order chi connectivity index (χ1) is 11.3. The molecular formula is C18H21ClN4. The Hall–Kier alpha value is -1.65. The highest BCUT2D eigenvalue weighted by Gasteiger charge is 2.23. The Morgan fingerprint density at radius 1 is 1.17 bits per heavy atom. The van der Waals surface area contributed by atoms with E-state index in [9.17, 15) is 0 Å². The van der Waals surface area contributed by atoms with Gasteiger partial charge in [0, 0.05) is 48.7 Å². The predicted octanol–water partition coefficient (Wildman–Crippen LogP) is 3.51. The minimum atomic E-state index is 0.377. The molecule has 0 saturated carbocycles. The predicted molar refractivity (Wildman–Crippen MR) is 92.8 cm³/mol. The average Bonchev–Trinajstić information content (AvgIpc) is 3.24. The van der Waals surface area contributed by atoms with Crippen LogP contribution in [0.4, 0.5) is 5.95 Å². The molecule has 2 aliphatic rings. The lowest BCUT2D eigenvalue weighted by Crippen LogP contribution is -2.21. The molecule has 2 aromatic rings. The third-order valence-corrected chi connectivity index (χ3v) is 5.20. The molecule has 1 atom stereocenters. The van der Waals surface area contributed by atoms with Gasteiger partial charge in [-0.15, -0.1) is 0 Å². The number of nitrogens with one attached hydrogen (secondary N) is 1. The largest absolute Gasteiger partial charge is 0.341 e. The Morgan fingerprint density at radius 2 is 1.96 bits per heavy atom. The van der Waals surface area contributed by atoms with Crippen LogP contribution in [0.2, 0.25) is 5.02 Å². The van der Waals surface area contributed by atoms with Gasteiger partial charge in [0.25, 0.3) is 0 Å². The van der Waals surface area contributed by atoms with Gasteiger partial charge < -0.3 is 10.2 Å². The van der Waals surface area contributed by atoms with Crippen LogP contribution < -0.4 is 10.2 Å². The number of hydrogen-bond acceptors (Lipinski definition) is 4. The molecule has 4 nitrogen and oxygen atoms in total. The van der Waals surface area contributed by atoms with Crippen molar-refractivity contribution in [2.45, 2.75) is 38.3 Å². The van der Waals surface area contributed by atoms with Gasteiger partial charge in [-0.05, 0) is 42.9 Å². The molecule has 2 heterocycles.